The molecular weight excluding hydrogens is 342 g/mol. The molecule has 4 rings (SSSR count). The number of nitrogens with zero attached hydrogens (tertiary/aromatic N) is 2. The lowest BCUT2D eigenvalue weighted by Crippen LogP contribution is -2.49. The molecule has 2 fully saturated rings. The van der Waals surface area contributed by atoms with Gasteiger partial charge in [0.25, 0.3) is 0 Å². The van der Waals surface area contributed by atoms with Crippen LogP contribution in [0.25, 0.3) is 11.3 Å². The topological polar surface area (TPSA) is 80.8 Å². The van der Waals surface area contributed by atoms with Crippen molar-refractivity contribution >= 4 is 29.2 Å². The van der Waals surface area contributed by atoms with Crippen LogP contribution in [0.1, 0.15) is 12.8 Å². The van der Waals surface area contributed by atoms with Gasteiger partial charge in [0.2, 0.25) is 0 Å². The van der Waals surface area contributed by atoms with Gasteiger partial charge in [-0.25, -0.2) is 14.6 Å². The lowest BCUT2D eigenvalue weighted by Gasteiger charge is -2.36. The molecule has 1 aromatic carbocycles. The van der Waals surface area contributed by atoms with E-state index in [9.17, 15) is 9.59 Å². The van der Waals surface area contributed by atoms with Gasteiger partial charge in [-0.05, 0) is 12.1 Å². The van der Waals surface area contributed by atoms with Crippen molar-refractivity contribution in [3.63, 3.8) is 0 Å². The third-order valence-corrected chi connectivity index (χ3v) is 5.17. The van der Waals surface area contributed by atoms with Gasteiger partial charge in [-0.2, -0.15) is 0 Å². The van der Waals surface area contributed by atoms with E-state index in [0.717, 1.165) is 16.9 Å². The van der Waals surface area contributed by atoms with E-state index in [0.29, 0.717) is 25.9 Å². The van der Waals surface area contributed by atoms with E-state index in [2.05, 4.69) is 10.3 Å². The Balaban J connectivity index is 1.34. The monoisotopic (exact) mass is 359 g/mol. The number of benzene rings is 1. The Morgan fingerprint density at radius 1 is 1.24 bits per heavy atom. The molecule has 0 radical (unpaired) electrons. The van der Waals surface area contributed by atoms with Crippen LogP contribution >= 0.6 is 11.3 Å². The number of rotatable bonds is 2. The highest BCUT2D eigenvalue weighted by molar-refractivity contribution is 7.07. The second kappa shape index (κ2) is 6.36. The highest BCUT2D eigenvalue weighted by Gasteiger charge is 2.45. The fraction of sp³-hybridized carbons (Fsp3) is 0.353. The molecule has 3 heterocycles. The first-order valence-corrected chi connectivity index (χ1v) is 8.98. The summed E-state index contributed by atoms with van der Waals surface area (Å²) in [6, 6.07) is 7.45. The average Bonchev–Trinajstić information content (AvgIpc) is 3.27. The number of cyclic esters (lactones) is 1. The van der Waals surface area contributed by atoms with E-state index in [1.165, 1.54) is 0 Å². The number of thiazole rings is 1. The fourth-order valence-electron chi connectivity index (χ4n) is 3.07. The number of ether oxygens (including phenoxy) is 2. The number of hydrogen-bond acceptors (Lipinski definition) is 6. The number of nitrogens with one attached hydrogen (secondary N) is 1. The molecule has 25 heavy (non-hydrogen) atoms. The number of carbonyl (C=O) groups excluding carboxylic acids is 2. The largest absolute Gasteiger partial charge is 0.509 e. The third-order valence-electron chi connectivity index (χ3n) is 4.58. The molecule has 2 amide bonds. The summed E-state index contributed by atoms with van der Waals surface area (Å²) in [5.41, 5.74) is 3.92. The van der Waals surface area contributed by atoms with Gasteiger partial charge in [0.15, 0.2) is 5.60 Å². The molecule has 2 aromatic rings. The second-order valence-corrected chi connectivity index (χ2v) is 6.91. The maximum atomic E-state index is 12.4. The van der Waals surface area contributed by atoms with Gasteiger partial charge in [0.1, 0.15) is 6.61 Å². The maximum Gasteiger partial charge on any atom is 0.509 e. The number of urea groups is 1. The average molecular weight is 359 g/mol. The fourth-order valence-corrected chi connectivity index (χ4v) is 3.63. The van der Waals surface area contributed by atoms with Crippen molar-refractivity contribution in [2.24, 2.45) is 0 Å². The Morgan fingerprint density at radius 3 is 2.60 bits per heavy atom. The van der Waals surface area contributed by atoms with E-state index in [1.54, 1.807) is 21.7 Å². The van der Waals surface area contributed by atoms with Crippen LogP contribution in [0.3, 0.4) is 0 Å². The molecule has 7 nitrogen and oxygen atoms in total. The van der Waals surface area contributed by atoms with Crippen LogP contribution in [-0.4, -0.2) is 47.4 Å². The molecule has 130 valence electrons. The quantitative estimate of drug-likeness (QED) is 0.832. The van der Waals surface area contributed by atoms with Gasteiger partial charge in [-0.3, -0.25) is 0 Å². The van der Waals surface area contributed by atoms with E-state index >= 15 is 0 Å². The van der Waals surface area contributed by atoms with Gasteiger partial charge < -0.3 is 19.7 Å². The van der Waals surface area contributed by atoms with Crippen molar-refractivity contribution in [2.45, 2.75) is 18.4 Å². The molecule has 0 bridgehead atoms. The third kappa shape index (κ3) is 3.30. The molecule has 2 aliphatic rings. The molecule has 8 heteroatoms. The summed E-state index contributed by atoms with van der Waals surface area (Å²) < 4.78 is 10.2. The molecule has 0 unspecified atom stereocenters. The smallest absolute Gasteiger partial charge is 0.430 e. The van der Waals surface area contributed by atoms with Crippen LogP contribution in [-0.2, 0) is 9.47 Å². The van der Waals surface area contributed by atoms with E-state index in [-0.39, 0.29) is 12.6 Å². The molecule has 0 saturated carbocycles. The summed E-state index contributed by atoms with van der Waals surface area (Å²) in [5.74, 6) is 0. The van der Waals surface area contributed by atoms with E-state index < -0.39 is 11.8 Å². The molecule has 1 N–H and O–H groups in total. The van der Waals surface area contributed by atoms with Crippen LogP contribution < -0.4 is 5.32 Å². The highest BCUT2D eigenvalue weighted by atomic mass is 32.1. The molecule has 2 saturated heterocycles. The van der Waals surface area contributed by atoms with Crippen LogP contribution in [0.4, 0.5) is 15.3 Å². The van der Waals surface area contributed by atoms with Gasteiger partial charge in [-0.15, -0.1) is 11.3 Å². The molecule has 1 aromatic heterocycles. The van der Waals surface area contributed by atoms with Crippen LogP contribution in [0.2, 0.25) is 0 Å². The Bertz CT molecular complexity index is 768. The maximum absolute atomic E-state index is 12.4. The van der Waals surface area contributed by atoms with Crippen molar-refractivity contribution < 1.29 is 19.1 Å². The Morgan fingerprint density at radius 2 is 2.00 bits per heavy atom. The molecule has 0 aliphatic carbocycles. The number of amides is 2. The minimum Gasteiger partial charge on any atom is -0.430 e. The zero-order valence-corrected chi connectivity index (χ0v) is 14.3. The summed E-state index contributed by atoms with van der Waals surface area (Å²) in [7, 11) is 0. The van der Waals surface area contributed by atoms with Gasteiger partial charge in [-0.1, -0.05) is 12.1 Å². The summed E-state index contributed by atoms with van der Waals surface area (Å²) in [6.07, 6.45) is 0.572. The standard InChI is InChI=1S/C17H17N3O4S/c21-15(20-7-5-17(6-8-20)10-23-16(22)24-17)19-13-3-1-12(2-4-13)14-9-25-11-18-14/h1-4,9,11H,5-8,10H2,(H,19,21). The lowest BCUT2D eigenvalue weighted by molar-refractivity contribution is 0.0106. The van der Waals surface area contributed by atoms with Gasteiger partial charge in [0, 0.05) is 42.6 Å². The summed E-state index contributed by atoms with van der Waals surface area (Å²) in [5, 5.41) is 4.88. The van der Waals surface area contributed by atoms with Crippen LogP contribution in [0.15, 0.2) is 35.2 Å². The number of anilines is 1. The van der Waals surface area contributed by atoms with Crippen molar-refractivity contribution in [2.75, 3.05) is 25.0 Å². The number of carbonyl (C=O) groups is 2. The number of piperidine rings is 1. The van der Waals surface area contributed by atoms with Crippen LogP contribution in [0.5, 0.6) is 0 Å². The number of likely N-dealkylation sites (tertiary alicyclic amines) is 1. The van der Waals surface area contributed by atoms with Gasteiger partial charge in [0.05, 0.1) is 11.2 Å². The Hall–Kier alpha value is -2.61. The second-order valence-electron chi connectivity index (χ2n) is 6.19. The Labute approximate surface area is 148 Å². The predicted octanol–water partition coefficient (Wildman–Crippen LogP) is 3.34. The molecule has 0 atom stereocenters. The zero-order chi connectivity index (χ0) is 17.3. The Kier molecular flexibility index (Phi) is 4.04. The summed E-state index contributed by atoms with van der Waals surface area (Å²) >= 11 is 1.55. The highest BCUT2D eigenvalue weighted by Crippen LogP contribution is 2.31. The van der Waals surface area contributed by atoms with Crippen molar-refractivity contribution in [1.82, 2.24) is 9.88 Å². The minimum atomic E-state index is -0.613. The lowest BCUT2D eigenvalue weighted by atomic mass is 9.92. The first kappa shape index (κ1) is 15.9. The van der Waals surface area contributed by atoms with Crippen molar-refractivity contribution in [3.05, 3.63) is 35.2 Å². The van der Waals surface area contributed by atoms with E-state index in [1.807, 2.05) is 29.6 Å². The van der Waals surface area contributed by atoms with E-state index in [4.69, 9.17) is 9.47 Å². The SMILES string of the molecule is O=C1OCC2(CCN(C(=O)Nc3ccc(-c4cscn4)cc3)CC2)O1. The summed E-state index contributed by atoms with van der Waals surface area (Å²) in [6.45, 7) is 1.33. The molecule has 2 aliphatic heterocycles. The summed E-state index contributed by atoms with van der Waals surface area (Å²) in [4.78, 5) is 29.6. The zero-order valence-electron chi connectivity index (χ0n) is 13.4. The van der Waals surface area contributed by atoms with Gasteiger partial charge >= 0.3 is 12.2 Å². The number of aromatic nitrogens is 1. The van der Waals surface area contributed by atoms with Crippen molar-refractivity contribution in [1.29, 1.82) is 0 Å². The first-order chi connectivity index (χ1) is 12.1. The first-order valence-electron chi connectivity index (χ1n) is 8.04. The van der Waals surface area contributed by atoms with Crippen LogP contribution in [0, 0.1) is 0 Å². The predicted molar refractivity (Wildman–Crippen MR) is 92.5 cm³/mol. The molecular formula is C17H17N3O4S. The normalized spacial score (nSPS) is 18.7. The number of hydrogen-bond donors (Lipinski definition) is 1. The van der Waals surface area contributed by atoms with Crippen molar-refractivity contribution in [3.8, 4) is 11.3 Å². The minimum absolute atomic E-state index is 0.151. The molecule has 1 spiro atoms.